The molecule has 0 fully saturated rings. The number of carbonyl (C=O) groups excluding carboxylic acids is 1. The molecular formula is C23H20N4O4S. The first-order chi connectivity index (χ1) is 15.3. The SMILES string of the molecule is C#CCOC(=O)c1cc2cccc(C)c2nc1-c1nc2ccccc2n1S(=O)(=O)N(C)C. The minimum Gasteiger partial charge on any atom is -0.449 e. The normalized spacial score (nSPS) is 11.7. The summed E-state index contributed by atoms with van der Waals surface area (Å²) >= 11 is 0. The molecule has 0 aliphatic heterocycles. The van der Waals surface area contributed by atoms with Gasteiger partial charge in [0.25, 0.3) is 0 Å². The molecule has 4 rings (SSSR count). The zero-order chi connectivity index (χ0) is 23.0. The largest absolute Gasteiger partial charge is 0.449 e. The van der Waals surface area contributed by atoms with Gasteiger partial charge in [0.2, 0.25) is 0 Å². The number of hydrogen-bond donors (Lipinski definition) is 0. The number of para-hydroxylation sites is 3. The van der Waals surface area contributed by atoms with Crippen LogP contribution in [0.15, 0.2) is 48.5 Å². The van der Waals surface area contributed by atoms with Crippen LogP contribution in [-0.4, -0.2) is 53.3 Å². The molecule has 0 N–H and O–H groups in total. The van der Waals surface area contributed by atoms with Gasteiger partial charge >= 0.3 is 16.2 Å². The number of carbonyl (C=O) groups is 1. The van der Waals surface area contributed by atoms with Gasteiger partial charge in [-0.1, -0.05) is 36.3 Å². The Balaban J connectivity index is 2.12. The van der Waals surface area contributed by atoms with Crippen molar-refractivity contribution in [2.24, 2.45) is 0 Å². The van der Waals surface area contributed by atoms with Gasteiger partial charge in [-0.3, -0.25) is 0 Å². The molecule has 2 heterocycles. The molecule has 0 amide bonds. The second-order valence-electron chi connectivity index (χ2n) is 7.29. The van der Waals surface area contributed by atoms with E-state index in [4.69, 9.17) is 11.2 Å². The summed E-state index contributed by atoms with van der Waals surface area (Å²) in [6, 6.07) is 14.0. The summed E-state index contributed by atoms with van der Waals surface area (Å²) in [6.07, 6.45) is 5.24. The summed E-state index contributed by atoms with van der Waals surface area (Å²) in [5, 5.41) is 0.708. The van der Waals surface area contributed by atoms with Crippen molar-refractivity contribution in [2.75, 3.05) is 20.7 Å². The Kier molecular flexibility index (Phi) is 5.42. The number of terminal acetylenes is 1. The maximum atomic E-state index is 13.3. The van der Waals surface area contributed by atoms with Gasteiger partial charge in [0, 0.05) is 19.5 Å². The van der Waals surface area contributed by atoms with Crippen LogP contribution < -0.4 is 0 Å². The molecule has 0 saturated heterocycles. The Hall–Kier alpha value is -3.74. The van der Waals surface area contributed by atoms with E-state index >= 15 is 0 Å². The van der Waals surface area contributed by atoms with Crippen LogP contribution in [0.1, 0.15) is 15.9 Å². The molecule has 0 atom stereocenters. The van der Waals surface area contributed by atoms with Crippen molar-refractivity contribution in [2.45, 2.75) is 6.92 Å². The van der Waals surface area contributed by atoms with Gasteiger partial charge in [-0.25, -0.2) is 18.7 Å². The van der Waals surface area contributed by atoms with E-state index in [1.54, 1.807) is 30.3 Å². The molecule has 2 aromatic carbocycles. The number of pyridine rings is 1. The van der Waals surface area contributed by atoms with Crippen molar-refractivity contribution < 1.29 is 17.9 Å². The number of hydrogen-bond acceptors (Lipinski definition) is 6. The number of aryl methyl sites for hydroxylation is 1. The van der Waals surface area contributed by atoms with E-state index in [2.05, 4.69) is 15.9 Å². The molecule has 9 heteroatoms. The lowest BCUT2D eigenvalue weighted by molar-refractivity contribution is 0.0557. The summed E-state index contributed by atoms with van der Waals surface area (Å²) in [5.41, 5.74) is 2.47. The van der Waals surface area contributed by atoms with E-state index < -0.39 is 16.2 Å². The zero-order valence-electron chi connectivity index (χ0n) is 17.7. The Bertz CT molecular complexity index is 1510. The fourth-order valence-electron chi connectivity index (χ4n) is 3.41. The molecule has 0 unspecified atom stereocenters. The Morgan fingerprint density at radius 2 is 1.91 bits per heavy atom. The summed E-state index contributed by atoms with van der Waals surface area (Å²) in [4.78, 5) is 22.1. The lowest BCUT2D eigenvalue weighted by Gasteiger charge is -2.16. The molecule has 2 aromatic heterocycles. The lowest BCUT2D eigenvalue weighted by atomic mass is 10.1. The number of benzene rings is 2. The van der Waals surface area contributed by atoms with Crippen LogP contribution in [0.5, 0.6) is 0 Å². The number of imidazole rings is 1. The van der Waals surface area contributed by atoms with E-state index in [-0.39, 0.29) is 23.7 Å². The van der Waals surface area contributed by atoms with Gasteiger partial charge in [0.05, 0.1) is 22.1 Å². The maximum absolute atomic E-state index is 13.3. The minimum atomic E-state index is -4.00. The van der Waals surface area contributed by atoms with Crippen LogP contribution >= 0.6 is 0 Å². The average molecular weight is 449 g/mol. The van der Waals surface area contributed by atoms with Crippen LogP contribution in [-0.2, 0) is 14.9 Å². The van der Waals surface area contributed by atoms with E-state index in [0.29, 0.717) is 21.9 Å². The highest BCUT2D eigenvalue weighted by Crippen LogP contribution is 2.31. The molecule has 4 aromatic rings. The third-order valence-electron chi connectivity index (χ3n) is 4.98. The molecule has 0 saturated carbocycles. The zero-order valence-corrected chi connectivity index (χ0v) is 18.5. The van der Waals surface area contributed by atoms with Crippen molar-refractivity contribution in [3.8, 4) is 23.9 Å². The number of nitrogens with zero attached hydrogens (tertiary/aromatic N) is 4. The number of rotatable bonds is 5. The third-order valence-corrected chi connectivity index (χ3v) is 6.73. The molecule has 32 heavy (non-hydrogen) atoms. The molecule has 162 valence electrons. The second-order valence-corrected chi connectivity index (χ2v) is 9.28. The first-order valence-electron chi connectivity index (χ1n) is 9.67. The average Bonchev–Trinajstić information content (AvgIpc) is 3.17. The smallest absolute Gasteiger partial charge is 0.341 e. The van der Waals surface area contributed by atoms with Gasteiger partial charge < -0.3 is 4.74 Å². The predicted octanol–water partition coefficient (Wildman–Crippen LogP) is 3.00. The number of aromatic nitrogens is 3. The van der Waals surface area contributed by atoms with Crippen LogP contribution in [0.4, 0.5) is 0 Å². The summed E-state index contributed by atoms with van der Waals surface area (Å²) in [5.74, 6) is 1.56. The lowest BCUT2D eigenvalue weighted by Crippen LogP contribution is -2.29. The highest BCUT2D eigenvalue weighted by molar-refractivity contribution is 7.87. The Labute approximate surface area is 185 Å². The van der Waals surface area contributed by atoms with E-state index in [9.17, 15) is 13.2 Å². The standard InChI is InChI=1S/C23H20N4O4S/c1-5-13-31-23(28)17-14-16-10-8-9-15(2)20(16)25-21(17)22-24-18-11-6-7-12-19(18)27(22)32(29,30)26(3)4/h1,6-12,14H,13H2,2-4H3. The molecule has 0 spiro atoms. The quantitative estimate of drug-likeness (QED) is 0.344. The van der Waals surface area contributed by atoms with Crippen molar-refractivity contribution in [1.29, 1.82) is 0 Å². The molecular weight excluding hydrogens is 428 g/mol. The molecule has 0 radical (unpaired) electrons. The van der Waals surface area contributed by atoms with Crippen molar-refractivity contribution >= 4 is 38.1 Å². The van der Waals surface area contributed by atoms with Gasteiger partial charge in [-0.15, -0.1) is 6.42 Å². The minimum absolute atomic E-state index is 0.0118. The van der Waals surface area contributed by atoms with Gasteiger partial charge in [0.15, 0.2) is 12.4 Å². The van der Waals surface area contributed by atoms with E-state index in [1.807, 2.05) is 25.1 Å². The number of ether oxygens (including phenoxy) is 1. The van der Waals surface area contributed by atoms with Gasteiger partial charge in [0.1, 0.15) is 5.69 Å². The number of fused-ring (bicyclic) bond motifs is 2. The summed E-state index contributed by atoms with van der Waals surface area (Å²) in [6.45, 7) is 1.66. The molecule has 0 aliphatic carbocycles. The monoisotopic (exact) mass is 448 g/mol. The highest BCUT2D eigenvalue weighted by atomic mass is 32.2. The fourth-order valence-corrected chi connectivity index (χ4v) is 4.48. The van der Waals surface area contributed by atoms with Crippen molar-refractivity contribution in [3.63, 3.8) is 0 Å². The van der Waals surface area contributed by atoms with Crippen LogP contribution in [0.2, 0.25) is 0 Å². The molecule has 0 aliphatic rings. The summed E-state index contributed by atoms with van der Waals surface area (Å²) < 4.78 is 33.8. The van der Waals surface area contributed by atoms with Crippen LogP contribution in [0, 0.1) is 19.3 Å². The van der Waals surface area contributed by atoms with Gasteiger partial charge in [-0.2, -0.15) is 12.7 Å². The Morgan fingerprint density at radius 3 is 2.62 bits per heavy atom. The van der Waals surface area contributed by atoms with Crippen LogP contribution in [0.3, 0.4) is 0 Å². The fraction of sp³-hybridized carbons (Fsp3) is 0.174. The molecule has 8 nitrogen and oxygen atoms in total. The van der Waals surface area contributed by atoms with Crippen molar-refractivity contribution in [3.05, 3.63) is 59.7 Å². The first kappa shape index (κ1) is 21.5. The first-order valence-corrected chi connectivity index (χ1v) is 11.1. The van der Waals surface area contributed by atoms with Gasteiger partial charge in [-0.05, 0) is 30.7 Å². The van der Waals surface area contributed by atoms with Crippen molar-refractivity contribution in [1.82, 2.24) is 18.2 Å². The Morgan fingerprint density at radius 1 is 1.16 bits per heavy atom. The second kappa shape index (κ2) is 8.07. The maximum Gasteiger partial charge on any atom is 0.341 e. The topological polar surface area (TPSA) is 94.4 Å². The van der Waals surface area contributed by atoms with Crippen LogP contribution in [0.25, 0.3) is 33.5 Å². The van der Waals surface area contributed by atoms with E-state index in [0.717, 1.165) is 13.8 Å². The summed E-state index contributed by atoms with van der Waals surface area (Å²) in [7, 11) is -1.15. The van der Waals surface area contributed by atoms with E-state index in [1.165, 1.54) is 14.1 Å². The highest BCUT2D eigenvalue weighted by Gasteiger charge is 2.29. The molecule has 0 bridgehead atoms. The predicted molar refractivity (Wildman–Crippen MR) is 122 cm³/mol. The third kappa shape index (κ3) is 3.49. The number of esters is 1.